The van der Waals surface area contributed by atoms with E-state index in [-0.39, 0.29) is 0 Å². The van der Waals surface area contributed by atoms with Gasteiger partial charge in [0.2, 0.25) is 0 Å². The van der Waals surface area contributed by atoms with Crippen LogP contribution in [0.3, 0.4) is 0 Å². The van der Waals surface area contributed by atoms with Crippen molar-refractivity contribution in [3.05, 3.63) is 35.4 Å². The molecule has 152 valence electrons. The Morgan fingerprint density at radius 3 is 2.41 bits per heavy atom. The second-order valence-corrected chi connectivity index (χ2v) is 6.88. The van der Waals surface area contributed by atoms with Crippen molar-refractivity contribution in [1.82, 2.24) is 20.4 Å². The minimum atomic E-state index is 0.775. The monoisotopic (exact) mass is 375 g/mol. The van der Waals surface area contributed by atoms with Crippen molar-refractivity contribution >= 4 is 5.96 Å². The summed E-state index contributed by atoms with van der Waals surface area (Å²) in [5.41, 5.74) is 2.74. The lowest BCUT2D eigenvalue weighted by Crippen LogP contribution is -2.45. The van der Waals surface area contributed by atoms with E-state index in [1.165, 1.54) is 24.2 Å². The van der Waals surface area contributed by atoms with E-state index in [0.29, 0.717) is 0 Å². The molecule has 1 fully saturated rings. The number of piperazine rings is 1. The highest BCUT2D eigenvalue weighted by atomic mass is 16.5. The lowest BCUT2D eigenvalue weighted by Gasteiger charge is -2.34. The first-order chi connectivity index (χ1) is 13.3. The van der Waals surface area contributed by atoms with Crippen molar-refractivity contribution in [3.63, 3.8) is 0 Å². The van der Waals surface area contributed by atoms with Crippen molar-refractivity contribution in [2.24, 2.45) is 4.99 Å². The van der Waals surface area contributed by atoms with E-state index >= 15 is 0 Å². The van der Waals surface area contributed by atoms with E-state index in [4.69, 9.17) is 4.74 Å². The minimum absolute atomic E-state index is 0.775. The van der Waals surface area contributed by atoms with Gasteiger partial charge < -0.3 is 20.3 Å². The Balaban J connectivity index is 1.80. The maximum Gasteiger partial charge on any atom is 0.191 e. The number of likely N-dealkylation sites (N-methyl/N-ethyl adjacent to an activating group) is 1. The van der Waals surface area contributed by atoms with Crippen LogP contribution in [-0.2, 0) is 17.8 Å². The summed E-state index contributed by atoms with van der Waals surface area (Å²) >= 11 is 0. The zero-order chi connectivity index (χ0) is 19.3. The van der Waals surface area contributed by atoms with Crippen LogP contribution < -0.4 is 10.6 Å². The molecule has 0 amide bonds. The highest BCUT2D eigenvalue weighted by Crippen LogP contribution is 2.13. The quantitative estimate of drug-likeness (QED) is 0.372. The van der Waals surface area contributed by atoms with Crippen LogP contribution in [0.5, 0.6) is 0 Å². The summed E-state index contributed by atoms with van der Waals surface area (Å²) in [6.07, 6.45) is 0.981. The van der Waals surface area contributed by atoms with Crippen LogP contribution >= 0.6 is 0 Å². The number of guanidine groups is 1. The van der Waals surface area contributed by atoms with Gasteiger partial charge in [0.1, 0.15) is 0 Å². The van der Waals surface area contributed by atoms with Gasteiger partial charge in [-0.1, -0.05) is 31.2 Å². The Morgan fingerprint density at radius 1 is 1.04 bits per heavy atom. The molecule has 1 aromatic carbocycles. The predicted octanol–water partition coefficient (Wildman–Crippen LogP) is 1.92. The number of rotatable bonds is 10. The molecule has 0 aliphatic carbocycles. The zero-order valence-electron chi connectivity index (χ0n) is 17.3. The van der Waals surface area contributed by atoms with Gasteiger partial charge in [0.05, 0.1) is 0 Å². The van der Waals surface area contributed by atoms with E-state index in [1.807, 2.05) is 14.0 Å². The number of nitrogens with one attached hydrogen (secondary N) is 2. The topological polar surface area (TPSA) is 52.1 Å². The van der Waals surface area contributed by atoms with Crippen molar-refractivity contribution in [2.45, 2.75) is 33.4 Å². The number of aliphatic imine (C=N–C) groups is 1. The molecule has 0 bridgehead atoms. The molecular formula is C21H37N5O. The first-order valence-electron chi connectivity index (χ1n) is 10.3. The van der Waals surface area contributed by atoms with E-state index in [2.05, 4.69) is 56.6 Å². The first-order valence-corrected chi connectivity index (χ1v) is 10.3. The molecular weight excluding hydrogens is 338 g/mol. The second-order valence-electron chi connectivity index (χ2n) is 6.88. The summed E-state index contributed by atoms with van der Waals surface area (Å²) in [5.74, 6) is 0.845. The van der Waals surface area contributed by atoms with Crippen LogP contribution in [0, 0.1) is 0 Å². The van der Waals surface area contributed by atoms with E-state index in [9.17, 15) is 0 Å². The molecule has 1 saturated heterocycles. The third-order valence-electron chi connectivity index (χ3n) is 5.06. The standard InChI is InChI=1S/C21H37N5O/c1-4-25-12-14-26(15-13-25)18-20-10-7-6-9-19(20)17-24-21(22-3)23-11-8-16-27-5-2/h6-7,9-10H,4-5,8,11-18H2,1-3H3,(H2,22,23,24). The smallest absolute Gasteiger partial charge is 0.191 e. The summed E-state index contributed by atoms with van der Waals surface area (Å²) in [6.45, 7) is 14.3. The van der Waals surface area contributed by atoms with Gasteiger partial charge >= 0.3 is 0 Å². The van der Waals surface area contributed by atoms with Gasteiger partial charge in [-0.05, 0) is 31.0 Å². The molecule has 1 aromatic rings. The summed E-state index contributed by atoms with van der Waals surface area (Å²) < 4.78 is 5.37. The van der Waals surface area contributed by atoms with Crippen LogP contribution in [0.15, 0.2) is 29.3 Å². The summed E-state index contributed by atoms with van der Waals surface area (Å²) in [6, 6.07) is 8.73. The normalized spacial score (nSPS) is 16.5. The highest BCUT2D eigenvalue weighted by Gasteiger charge is 2.16. The highest BCUT2D eigenvalue weighted by molar-refractivity contribution is 5.79. The Bertz CT molecular complexity index is 555. The van der Waals surface area contributed by atoms with Crippen molar-refractivity contribution in [3.8, 4) is 0 Å². The molecule has 1 aliphatic heterocycles. The Labute approximate surface area is 165 Å². The zero-order valence-corrected chi connectivity index (χ0v) is 17.3. The number of hydrogen-bond donors (Lipinski definition) is 2. The summed E-state index contributed by atoms with van der Waals surface area (Å²) in [5, 5.41) is 6.80. The summed E-state index contributed by atoms with van der Waals surface area (Å²) in [7, 11) is 1.82. The molecule has 2 rings (SSSR count). The van der Waals surface area contributed by atoms with Crippen LogP contribution in [0.25, 0.3) is 0 Å². The molecule has 2 N–H and O–H groups in total. The maximum absolute atomic E-state index is 5.37. The van der Waals surface area contributed by atoms with Gasteiger partial charge in [0, 0.05) is 66.1 Å². The third-order valence-corrected chi connectivity index (χ3v) is 5.06. The number of ether oxygens (including phenoxy) is 1. The fraction of sp³-hybridized carbons (Fsp3) is 0.667. The summed E-state index contributed by atoms with van der Waals surface area (Å²) in [4.78, 5) is 9.40. The Hall–Kier alpha value is -1.63. The fourth-order valence-electron chi connectivity index (χ4n) is 3.31. The molecule has 1 heterocycles. The van der Waals surface area contributed by atoms with E-state index in [1.54, 1.807) is 0 Å². The van der Waals surface area contributed by atoms with Gasteiger partial charge in [-0.2, -0.15) is 0 Å². The van der Waals surface area contributed by atoms with Crippen molar-refractivity contribution < 1.29 is 4.74 Å². The molecule has 0 radical (unpaired) electrons. The SMILES string of the molecule is CCOCCCNC(=NC)NCc1ccccc1CN1CCN(CC)CC1. The second kappa shape index (κ2) is 12.7. The lowest BCUT2D eigenvalue weighted by atomic mass is 10.1. The molecule has 0 saturated carbocycles. The molecule has 6 nitrogen and oxygen atoms in total. The van der Waals surface area contributed by atoms with Crippen LogP contribution in [0.4, 0.5) is 0 Å². The molecule has 6 heteroatoms. The van der Waals surface area contributed by atoms with Gasteiger partial charge in [-0.25, -0.2) is 0 Å². The number of benzene rings is 1. The van der Waals surface area contributed by atoms with Gasteiger partial charge in [-0.15, -0.1) is 0 Å². The molecule has 0 spiro atoms. The van der Waals surface area contributed by atoms with E-state index < -0.39 is 0 Å². The van der Waals surface area contributed by atoms with Crippen molar-refractivity contribution in [2.75, 3.05) is 59.5 Å². The van der Waals surface area contributed by atoms with Gasteiger partial charge in [0.25, 0.3) is 0 Å². The molecule has 0 atom stereocenters. The van der Waals surface area contributed by atoms with Crippen LogP contribution in [-0.4, -0.2) is 75.3 Å². The first kappa shape index (κ1) is 21.7. The Morgan fingerprint density at radius 2 is 1.74 bits per heavy atom. The maximum atomic E-state index is 5.37. The van der Waals surface area contributed by atoms with Crippen molar-refractivity contribution in [1.29, 1.82) is 0 Å². The van der Waals surface area contributed by atoms with Crippen LogP contribution in [0.2, 0.25) is 0 Å². The predicted molar refractivity (Wildman–Crippen MR) is 113 cm³/mol. The fourth-order valence-corrected chi connectivity index (χ4v) is 3.31. The average molecular weight is 376 g/mol. The third kappa shape index (κ3) is 7.87. The van der Waals surface area contributed by atoms with Gasteiger partial charge in [0.15, 0.2) is 5.96 Å². The number of hydrogen-bond acceptors (Lipinski definition) is 4. The molecule has 27 heavy (non-hydrogen) atoms. The molecule has 0 unspecified atom stereocenters. The largest absolute Gasteiger partial charge is 0.382 e. The minimum Gasteiger partial charge on any atom is -0.382 e. The average Bonchev–Trinajstić information content (AvgIpc) is 2.71. The number of nitrogens with zero attached hydrogens (tertiary/aromatic N) is 3. The van der Waals surface area contributed by atoms with Crippen LogP contribution in [0.1, 0.15) is 31.4 Å². The Kier molecular flexibility index (Phi) is 10.2. The molecule has 1 aliphatic rings. The van der Waals surface area contributed by atoms with E-state index in [0.717, 1.165) is 64.9 Å². The van der Waals surface area contributed by atoms with Gasteiger partial charge in [-0.3, -0.25) is 9.89 Å². The molecule has 0 aromatic heterocycles. The lowest BCUT2D eigenvalue weighted by molar-refractivity contribution is 0.131.